The lowest BCUT2D eigenvalue weighted by molar-refractivity contribution is 0.688. The Morgan fingerprint density at radius 1 is 1.00 bits per heavy atom. The normalized spacial score (nSPS) is 24.0. The average Bonchev–Trinajstić information content (AvgIpc) is 3.32. The Kier molecular flexibility index (Phi) is 2.54. The van der Waals surface area contributed by atoms with Crippen LogP contribution < -0.4 is 16.8 Å². The molecule has 2 aromatic rings. The van der Waals surface area contributed by atoms with E-state index in [4.69, 9.17) is 0 Å². The summed E-state index contributed by atoms with van der Waals surface area (Å²) in [7, 11) is 0. The third-order valence-corrected chi connectivity index (χ3v) is 4.53. The summed E-state index contributed by atoms with van der Waals surface area (Å²) >= 11 is 0. The van der Waals surface area contributed by atoms with Crippen LogP contribution in [0.3, 0.4) is 0 Å². The second-order valence-corrected chi connectivity index (χ2v) is 6.00. The smallest absolute Gasteiger partial charge is 0.325 e. The van der Waals surface area contributed by atoms with Crippen LogP contribution in [0.2, 0.25) is 0 Å². The van der Waals surface area contributed by atoms with Crippen molar-refractivity contribution in [2.75, 3.05) is 0 Å². The van der Waals surface area contributed by atoms with Crippen LogP contribution in [0.1, 0.15) is 30.7 Å². The number of pyridine rings is 1. The van der Waals surface area contributed by atoms with Gasteiger partial charge < -0.3 is 9.97 Å². The van der Waals surface area contributed by atoms with E-state index in [9.17, 15) is 14.4 Å². The molecule has 2 aliphatic rings. The van der Waals surface area contributed by atoms with Crippen LogP contribution in [-0.4, -0.2) is 15.0 Å². The maximum absolute atomic E-state index is 12.0. The molecule has 0 bridgehead atoms. The van der Waals surface area contributed by atoms with Gasteiger partial charge in [0.15, 0.2) is 0 Å². The first-order valence-electron chi connectivity index (χ1n) is 7.18. The van der Waals surface area contributed by atoms with Crippen molar-refractivity contribution in [2.24, 2.45) is 11.8 Å². The molecule has 2 fully saturated rings. The molecule has 3 N–H and O–H groups in total. The standard InChI is InChI=1S/C15H15N3O3/c19-13-11(10-4-9(10)7-1-2-7)3-8(5-16-13)12-6-17-15(21)18-14(12)20/h3,5-7,9-10H,1-2,4H2,(H,16,19)(H2,17,18,20,21)/t9-,10+/m0/s1. The van der Waals surface area contributed by atoms with Gasteiger partial charge in [-0.3, -0.25) is 14.6 Å². The lowest BCUT2D eigenvalue weighted by atomic mass is 10.0. The maximum atomic E-state index is 12.0. The number of aromatic nitrogens is 3. The summed E-state index contributed by atoms with van der Waals surface area (Å²) in [5.41, 5.74) is 0.678. The van der Waals surface area contributed by atoms with Crippen molar-refractivity contribution in [3.63, 3.8) is 0 Å². The zero-order valence-electron chi connectivity index (χ0n) is 11.3. The second-order valence-electron chi connectivity index (χ2n) is 6.00. The third-order valence-electron chi connectivity index (χ3n) is 4.53. The minimum atomic E-state index is -0.538. The predicted molar refractivity (Wildman–Crippen MR) is 77.3 cm³/mol. The van der Waals surface area contributed by atoms with E-state index in [1.54, 1.807) is 6.07 Å². The molecule has 2 aliphatic carbocycles. The van der Waals surface area contributed by atoms with Crippen molar-refractivity contribution < 1.29 is 0 Å². The molecule has 2 aromatic heterocycles. The zero-order chi connectivity index (χ0) is 14.6. The van der Waals surface area contributed by atoms with Gasteiger partial charge in [0.25, 0.3) is 11.1 Å². The molecule has 6 heteroatoms. The van der Waals surface area contributed by atoms with Crippen LogP contribution in [0.25, 0.3) is 11.1 Å². The Balaban J connectivity index is 1.75. The molecule has 0 unspecified atom stereocenters. The summed E-state index contributed by atoms with van der Waals surface area (Å²) in [5.74, 6) is 1.74. The summed E-state index contributed by atoms with van der Waals surface area (Å²) in [6.45, 7) is 0. The Hall–Kier alpha value is -2.37. The van der Waals surface area contributed by atoms with Crippen molar-refractivity contribution >= 4 is 0 Å². The summed E-state index contributed by atoms with van der Waals surface area (Å²) in [5, 5.41) is 0. The van der Waals surface area contributed by atoms with Crippen LogP contribution in [0.15, 0.2) is 32.8 Å². The van der Waals surface area contributed by atoms with Gasteiger partial charge in [-0.05, 0) is 43.1 Å². The molecule has 0 amide bonds. The lowest BCUT2D eigenvalue weighted by Gasteiger charge is -2.04. The molecule has 0 aliphatic heterocycles. The van der Waals surface area contributed by atoms with Crippen LogP contribution in [0.4, 0.5) is 0 Å². The fourth-order valence-electron chi connectivity index (χ4n) is 3.17. The summed E-state index contributed by atoms with van der Waals surface area (Å²) in [6, 6.07) is 1.79. The second kappa shape index (κ2) is 4.31. The molecular formula is C15H15N3O3. The Labute approximate surface area is 119 Å². The molecule has 2 atom stereocenters. The van der Waals surface area contributed by atoms with Crippen molar-refractivity contribution in [1.82, 2.24) is 15.0 Å². The Morgan fingerprint density at radius 2 is 1.81 bits per heavy atom. The topological polar surface area (TPSA) is 98.6 Å². The minimum Gasteiger partial charge on any atom is -0.328 e. The zero-order valence-corrected chi connectivity index (χ0v) is 11.3. The Bertz CT molecular complexity index is 872. The maximum Gasteiger partial charge on any atom is 0.325 e. The first-order valence-corrected chi connectivity index (χ1v) is 7.18. The van der Waals surface area contributed by atoms with E-state index in [2.05, 4.69) is 15.0 Å². The first-order chi connectivity index (χ1) is 10.1. The van der Waals surface area contributed by atoms with Gasteiger partial charge in [0.1, 0.15) is 0 Å². The van der Waals surface area contributed by atoms with Gasteiger partial charge in [0.05, 0.1) is 5.56 Å². The minimum absolute atomic E-state index is 0.0762. The summed E-state index contributed by atoms with van der Waals surface area (Å²) < 4.78 is 0. The SMILES string of the molecule is O=c1[nH]cc(-c2c[nH]c(=O)c([C@@H]3C[C@H]3C3CC3)c2)c(=O)[nH]1. The molecule has 6 nitrogen and oxygen atoms in total. The van der Waals surface area contributed by atoms with E-state index < -0.39 is 11.2 Å². The van der Waals surface area contributed by atoms with Crippen molar-refractivity contribution in [2.45, 2.75) is 25.2 Å². The number of nitrogens with one attached hydrogen (secondary N) is 3. The Morgan fingerprint density at radius 3 is 2.52 bits per heavy atom. The van der Waals surface area contributed by atoms with Crippen LogP contribution in [0.5, 0.6) is 0 Å². The number of H-pyrrole nitrogens is 3. The van der Waals surface area contributed by atoms with Gasteiger partial charge in [-0.2, -0.15) is 0 Å². The van der Waals surface area contributed by atoms with Gasteiger partial charge in [0, 0.05) is 23.5 Å². The van der Waals surface area contributed by atoms with E-state index in [-0.39, 0.29) is 5.56 Å². The van der Waals surface area contributed by atoms with Gasteiger partial charge in [0.2, 0.25) is 0 Å². The average molecular weight is 285 g/mol. The molecule has 4 rings (SSSR count). The van der Waals surface area contributed by atoms with Gasteiger partial charge in [-0.25, -0.2) is 4.79 Å². The van der Waals surface area contributed by atoms with E-state index >= 15 is 0 Å². The highest BCUT2D eigenvalue weighted by Gasteiger charge is 2.48. The first kappa shape index (κ1) is 12.4. The van der Waals surface area contributed by atoms with Gasteiger partial charge in [-0.1, -0.05) is 0 Å². The van der Waals surface area contributed by atoms with Crippen molar-refractivity contribution in [1.29, 1.82) is 0 Å². The highest BCUT2D eigenvalue weighted by molar-refractivity contribution is 5.61. The molecule has 0 radical (unpaired) electrons. The molecule has 0 saturated heterocycles. The van der Waals surface area contributed by atoms with E-state index in [0.29, 0.717) is 23.0 Å². The fraction of sp³-hybridized carbons (Fsp3) is 0.400. The van der Waals surface area contributed by atoms with Gasteiger partial charge in [-0.15, -0.1) is 0 Å². The van der Waals surface area contributed by atoms with Crippen molar-refractivity contribution in [3.8, 4) is 11.1 Å². The highest BCUT2D eigenvalue weighted by atomic mass is 16.2. The number of aromatic amines is 3. The van der Waals surface area contributed by atoms with E-state index in [1.807, 2.05) is 0 Å². The van der Waals surface area contributed by atoms with Gasteiger partial charge >= 0.3 is 5.69 Å². The molecule has 0 aromatic carbocycles. The number of rotatable bonds is 3. The molecule has 108 valence electrons. The molecule has 2 heterocycles. The molecule has 21 heavy (non-hydrogen) atoms. The monoisotopic (exact) mass is 285 g/mol. The summed E-state index contributed by atoms with van der Waals surface area (Å²) in [4.78, 5) is 42.3. The lowest BCUT2D eigenvalue weighted by Crippen LogP contribution is -2.23. The summed E-state index contributed by atoms with van der Waals surface area (Å²) in [6.07, 6.45) is 6.52. The van der Waals surface area contributed by atoms with E-state index in [1.165, 1.54) is 25.2 Å². The molecule has 2 saturated carbocycles. The largest absolute Gasteiger partial charge is 0.328 e. The number of hydrogen-bond acceptors (Lipinski definition) is 3. The van der Waals surface area contributed by atoms with E-state index in [0.717, 1.165) is 17.9 Å². The van der Waals surface area contributed by atoms with Crippen LogP contribution in [0, 0.1) is 11.8 Å². The number of hydrogen-bond donors (Lipinski definition) is 3. The van der Waals surface area contributed by atoms with Crippen LogP contribution >= 0.6 is 0 Å². The fourth-order valence-corrected chi connectivity index (χ4v) is 3.17. The highest BCUT2D eigenvalue weighted by Crippen LogP contribution is 2.58. The third kappa shape index (κ3) is 2.16. The van der Waals surface area contributed by atoms with Crippen molar-refractivity contribution in [3.05, 3.63) is 55.2 Å². The molecular weight excluding hydrogens is 270 g/mol. The quantitative estimate of drug-likeness (QED) is 0.782. The predicted octanol–water partition coefficient (Wildman–Crippen LogP) is 0.932. The molecule has 0 spiro atoms. The van der Waals surface area contributed by atoms with Crippen LogP contribution in [-0.2, 0) is 0 Å².